The molecule has 0 spiro atoms. The van der Waals surface area contributed by atoms with E-state index in [4.69, 9.17) is 4.74 Å². The summed E-state index contributed by atoms with van der Waals surface area (Å²) in [5, 5.41) is 2.78. The lowest BCUT2D eigenvalue weighted by atomic mass is 10.2. The number of benzene rings is 1. The molecule has 0 aliphatic heterocycles. The van der Waals surface area contributed by atoms with E-state index in [9.17, 15) is 4.79 Å². The highest BCUT2D eigenvalue weighted by Crippen LogP contribution is 2.25. The molecule has 98 valence electrons. The van der Waals surface area contributed by atoms with Crippen LogP contribution in [0.15, 0.2) is 41.3 Å². The second kappa shape index (κ2) is 6.29. The van der Waals surface area contributed by atoms with Gasteiger partial charge in [0, 0.05) is 18.9 Å². The first-order chi connectivity index (χ1) is 9.20. The van der Waals surface area contributed by atoms with Gasteiger partial charge in [0.1, 0.15) is 11.4 Å². The number of rotatable bonds is 4. The average Bonchev–Trinajstić information content (AvgIpc) is 2.46. The lowest BCUT2D eigenvalue weighted by molar-refractivity contribution is 0.0945. The molecule has 0 fully saturated rings. The molecule has 0 atom stereocenters. The molecule has 6 heteroatoms. The molecule has 0 aliphatic rings. The minimum Gasteiger partial charge on any atom is -0.496 e. The molecule has 19 heavy (non-hydrogen) atoms. The Morgan fingerprint density at radius 3 is 2.89 bits per heavy atom. The number of methoxy groups -OCH3 is 1. The first kappa shape index (κ1) is 13.5. The van der Waals surface area contributed by atoms with Crippen LogP contribution in [0.2, 0.25) is 0 Å². The van der Waals surface area contributed by atoms with Gasteiger partial charge >= 0.3 is 0 Å². The third-order valence-corrected chi connectivity index (χ3v) is 3.08. The van der Waals surface area contributed by atoms with E-state index in [1.165, 1.54) is 18.6 Å². The monoisotopic (exact) mass is 321 g/mol. The van der Waals surface area contributed by atoms with Crippen LogP contribution in [-0.4, -0.2) is 23.0 Å². The first-order valence-electron chi connectivity index (χ1n) is 5.57. The van der Waals surface area contributed by atoms with Gasteiger partial charge in [-0.05, 0) is 33.6 Å². The Bertz CT molecular complexity index is 575. The predicted molar refractivity (Wildman–Crippen MR) is 73.9 cm³/mol. The Morgan fingerprint density at radius 2 is 2.26 bits per heavy atom. The first-order valence-corrected chi connectivity index (χ1v) is 6.36. The van der Waals surface area contributed by atoms with E-state index in [0.717, 1.165) is 15.8 Å². The van der Waals surface area contributed by atoms with E-state index in [2.05, 4.69) is 31.2 Å². The number of aromatic nitrogens is 2. The standard InChI is InChI=1S/C13H12BrN3O2/c1-19-12-3-2-9(6-10(12)14)7-17-13(18)11-8-15-4-5-16-11/h2-6,8H,7H2,1H3,(H,17,18). The van der Waals surface area contributed by atoms with Crippen LogP contribution in [0.25, 0.3) is 0 Å². The van der Waals surface area contributed by atoms with E-state index < -0.39 is 0 Å². The van der Waals surface area contributed by atoms with Crippen LogP contribution in [0.5, 0.6) is 5.75 Å². The molecule has 0 saturated carbocycles. The average molecular weight is 322 g/mol. The van der Waals surface area contributed by atoms with Crippen LogP contribution in [0.1, 0.15) is 16.1 Å². The van der Waals surface area contributed by atoms with Crippen molar-refractivity contribution in [2.75, 3.05) is 7.11 Å². The molecule has 0 bridgehead atoms. The molecule has 0 unspecified atom stereocenters. The van der Waals surface area contributed by atoms with Crippen molar-refractivity contribution in [3.05, 3.63) is 52.5 Å². The van der Waals surface area contributed by atoms with Crippen LogP contribution in [0, 0.1) is 0 Å². The van der Waals surface area contributed by atoms with E-state index in [-0.39, 0.29) is 5.91 Å². The molecular formula is C13H12BrN3O2. The van der Waals surface area contributed by atoms with Gasteiger partial charge in [-0.25, -0.2) is 4.98 Å². The van der Waals surface area contributed by atoms with Crippen molar-refractivity contribution in [1.29, 1.82) is 0 Å². The number of ether oxygens (including phenoxy) is 1. The van der Waals surface area contributed by atoms with Gasteiger partial charge in [0.15, 0.2) is 0 Å². The van der Waals surface area contributed by atoms with E-state index >= 15 is 0 Å². The molecule has 1 amide bonds. The minimum absolute atomic E-state index is 0.250. The molecule has 1 aromatic carbocycles. The number of carbonyl (C=O) groups is 1. The summed E-state index contributed by atoms with van der Waals surface area (Å²) < 4.78 is 5.99. The van der Waals surface area contributed by atoms with Gasteiger partial charge in [-0.1, -0.05) is 6.07 Å². The highest BCUT2D eigenvalue weighted by Gasteiger charge is 2.07. The zero-order chi connectivity index (χ0) is 13.7. The zero-order valence-corrected chi connectivity index (χ0v) is 11.8. The van der Waals surface area contributed by atoms with E-state index in [1.54, 1.807) is 7.11 Å². The number of nitrogens with one attached hydrogen (secondary N) is 1. The zero-order valence-electron chi connectivity index (χ0n) is 10.3. The maximum absolute atomic E-state index is 11.8. The lowest BCUT2D eigenvalue weighted by Crippen LogP contribution is -2.23. The second-order valence-corrected chi connectivity index (χ2v) is 4.60. The maximum Gasteiger partial charge on any atom is 0.271 e. The van der Waals surface area contributed by atoms with Crippen molar-refractivity contribution in [3.8, 4) is 5.75 Å². The summed E-state index contributed by atoms with van der Waals surface area (Å²) in [6, 6.07) is 5.63. The van der Waals surface area contributed by atoms with Crippen LogP contribution in [-0.2, 0) is 6.54 Å². The van der Waals surface area contributed by atoms with Gasteiger partial charge in [-0.2, -0.15) is 0 Å². The second-order valence-electron chi connectivity index (χ2n) is 3.74. The van der Waals surface area contributed by atoms with Gasteiger partial charge < -0.3 is 10.1 Å². The van der Waals surface area contributed by atoms with Gasteiger partial charge in [0.05, 0.1) is 17.8 Å². The third kappa shape index (κ3) is 3.51. The number of hydrogen-bond donors (Lipinski definition) is 1. The number of halogens is 1. The number of hydrogen-bond acceptors (Lipinski definition) is 4. The van der Waals surface area contributed by atoms with Crippen molar-refractivity contribution < 1.29 is 9.53 Å². The van der Waals surface area contributed by atoms with Crippen molar-refractivity contribution in [2.24, 2.45) is 0 Å². The van der Waals surface area contributed by atoms with Crippen molar-refractivity contribution in [3.63, 3.8) is 0 Å². The third-order valence-electron chi connectivity index (χ3n) is 2.47. The van der Waals surface area contributed by atoms with E-state index in [0.29, 0.717) is 12.2 Å². The highest BCUT2D eigenvalue weighted by atomic mass is 79.9. The van der Waals surface area contributed by atoms with Crippen molar-refractivity contribution in [1.82, 2.24) is 15.3 Å². The fourth-order valence-electron chi connectivity index (χ4n) is 1.51. The minimum atomic E-state index is -0.250. The predicted octanol–water partition coefficient (Wildman–Crippen LogP) is 2.18. The largest absolute Gasteiger partial charge is 0.496 e. The number of carbonyl (C=O) groups excluding carboxylic acids is 1. The summed E-state index contributed by atoms with van der Waals surface area (Å²) in [6.07, 6.45) is 4.44. The van der Waals surface area contributed by atoms with Crippen molar-refractivity contribution in [2.45, 2.75) is 6.54 Å². The molecular weight excluding hydrogens is 310 g/mol. The van der Waals surface area contributed by atoms with Crippen LogP contribution >= 0.6 is 15.9 Å². The molecule has 0 aliphatic carbocycles. The lowest BCUT2D eigenvalue weighted by Gasteiger charge is -2.07. The highest BCUT2D eigenvalue weighted by molar-refractivity contribution is 9.10. The van der Waals surface area contributed by atoms with Gasteiger partial charge in [0.2, 0.25) is 0 Å². The Hall–Kier alpha value is -1.95. The summed E-state index contributed by atoms with van der Waals surface area (Å²) in [5.41, 5.74) is 1.26. The summed E-state index contributed by atoms with van der Waals surface area (Å²) in [7, 11) is 1.61. The molecule has 1 aromatic heterocycles. The fraction of sp³-hybridized carbons (Fsp3) is 0.154. The Labute approximate surface area is 119 Å². The molecule has 5 nitrogen and oxygen atoms in total. The number of nitrogens with zero attached hydrogens (tertiary/aromatic N) is 2. The summed E-state index contributed by atoms with van der Waals surface area (Å²) in [5.74, 6) is 0.504. The van der Waals surface area contributed by atoms with Crippen molar-refractivity contribution >= 4 is 21.8 Å². The molecule has 2 aromatic rings. The molecule has 0 radical (unpaired) electrons. The molecule has 1 heterocycles. The summed E-state index contributed by atoms with van der Waals surface area (Å²) in [4.78, 5) is 19.6. The number of amides is 1. The van der Waals surface area contributed by atoms with E-state index in [1.807, 2.05) is 18.2 Å². The van der Waals surface area contributed by atoms with Gasteiger partial charge in [-0.3, -0.25) is 9.78 Å². The van der Waals surface area contributed by atoms with Crippen LogP contribution in [0.4, 0.5) is 0 Å². The van der Waals surface area contributed by atoms with Gasteiger partial charge in [-0.15, -0.1) is 0 Å². The smallest absolute Gasteiger partial charge is 0.271 e. The topological polar surface area (TPSA) is 64.1 Å². The Morgan fingerprint density at radius 1 is 1.42 bits per heavy atom. The fourth-order valence-corrected chi connectivity index (χ4v) is 2.10. The SMILES string of the molecule is COc1ccc(CNC(=O)c2cnccn2)cc1Br. The maximum atomic E-state index is 11.8. The molecule has 2 rings (SSSR count). The normalized spacial score (nSPS) is 10.0. The Balaban J connectivity index is 1.99. The van der Waals surface area contributed by atoms with Gasteiger partial charge in [0.25, 0.3) is 5.91 Å². The summed E-state index contributed by atoms with van der Waals surface area (Å²) in [6.45, 7) is 0.415. The quantitative estimate of drug-likeness (QED) is 0.937. The Kier molecular flexibility index (Phi) is 4.46. The molecule has 0 saturated heterocycles. The van der Waals surface area contributed by atoms with Crippen LogP contribution in [0.3, 0.4) is 0 Å². The summed E-state index contributed by atoms with van der Waals surface area (Å²) >= 11 is 3.40. The molecule has 1 N–H and O–H groups in total. The van der Waals surface area contributed by atoms with Crippen LogP contribution < -0.4 is 10.1 Å².